The molecule has 3 aromatic rings. The highest BCUT2D eigenvalue weighted by Gasteiger charge is 2.16. The Labute approximate surface area is 114 Å². The zero-order valence-corrected chi connectivity index (χ0v) is 11.0. The summed E-state index contributed by atoms with van der Waals surface area (Å²) in [4.78, 5) is 10.8. The Hall–Kier alpha value is -2.76. The number of nitrogens with zero attached hydrogens (tertiary/aromatic N) is 2. The maximum absolute atomic E-state index is 10.8. The van der Waals surface area contributed by atoms with E-state index in [4.69, 9.17) is 14.4 Å². The number of carboxylic acids is 1. The van der Waals surface area contributed by atoms with Crippen molar-refractivity contribution in [2.45, 2.75) is 0 Å². The SMILES string of the molecule is COc1ccc2c(c1)cc(-c1cc(C(=O)O)on1)n2C. The fraction of sp³-hybridized carbons (Fsp3) is 0.143. The molecule has 2 aromatic heterocycles. The minimum absolute atomic E-state index is 0.178. The highest BCUT2D eigenvalue weighted by Crippen LogP contribution is 2.29. The van der Waals surface area contributed by atoms with Crippen molar-refractivity contribution in [2.24, 2.45) is 7.05 Å². The Bertz CT molecular complexity index is 801. The molecule has 102 valence electrons. The molecule has 0 amide bonds. The standard InChI is InChI=1S/C14H12N2O4/c1-16-11-4-3-9(19-2)5-8(11)6-12(16)10-7-13(14(17)18)20-15-10/h3-7H,1-2H3,(H,17,18). The lowest BCUT2D eigenvalue weighted by Crippen LogP contribution is -1.92. The molecule has 1 N–H and O–H groups in total. The van der Waals surface area contributed by atoms with Crippen LogP contribution in [0.1, 0.15) is 10.6 Å². The molecule has 0 spiro atoms. The summed E-state index contributed by atoms with van der Waals surface area (Å²) >= 11 is 0. The minimum atomic E-state index is -1.14. The number of fused-ring (bicyclic) bond motifs is 1. The molecule has 6 nitrogen and oxygen atoms in total. The van der Waals surface area contributed by atoms with E-state index in [2.05, 4.69) is 5.16 Å². The molecular formula is C14H12N2O4. The molecule has 0 atom stereocenters. The molecule has 0 fully saturated rings. The van der Waals surface area contributed by atoms with E-state index in [1.807, 2.05) is 35.9 Å². The summed E-state index contributed by atoms with van der Waals surface area (Å²) in [5.74, 6) is -0.548. The predicted molar refractivity (Wildman–Crippen MR) is 71.9 cm³/mol. The van der Waals surface area contributed by atoms with Gasteiger partial charge in [-0.2, -0.15) is 0 Å². The van der Waals surface area contributed by atoms with E-state index >= 15 is 0 Å². The van der Waals surface area contributed by atoms with Gasteiger partial charge >= 0.3 is 5.97 Å². The van der Waals surface area contributed by atoms with Crippen LogP contribution in [-0.2, 0) is 7.05 Å². The number of aryl methyl sites for hydroxylation is 1. The van der Waals surface area contributed by atoms with Gasteiger partial charge in [0.05, 0.1) is 12.8 Å². The van der Waals surface area contributed by atoms with Crippen molar-refractivity contribution in [3.05, 3.63) is 36.1 Å². The molecule has 20 heavy (non-hydrogen) atoms. The quantitative estimate of drug-likeness (QED) is 0.792. The summed E-state index contributed by atoms with van der Waals surface area (Å²) < 4.78 is 11.9. The Morgan fingerprint density at radius 2 is 2.15 bits per heavy atom. The van der Waals surface area contributed by atoms with Gasteiger partial charge in [0.15, 0.2) is 0 Å². The summed E-state index contributed by atoms with van der Waals surface area (Å²) in [5.41, 5.74) is 2.27. The van der Waals surface area contributed by atoms with E-state index in [-0.39, 0.29) is 5.76 Å². The van der Waals surface area contributed by atoms with Crippen molar-refractivity contribution in [3.63, 3.8) is 0 Å². The van der Waals surface area contributed by atoms with Crippen molar-refractivity contribution in [3.8, 4) is 17.1 Å². The van der Waals surface area contributed by atoms with Crippen molar-refractivity contribution in [1.29, 1.82) is 0 Å². The lowest BCUT2D eigenvalue weighted by molar-refractivity contribution is 0.0652. The van der Waals surface area contributed by atoms with Crippen LogP contribution in [0.15, 0.2) is 34.9 Å². The van der Waals surface area contributed by atoms with Crippen LogP contribution in [0.25, 0.3) is 22.3 Å². The Balaban J connectivity index is 2.15. The maximum atomic E-state index is 10.8. The van der Waals surface area contributed by atoms with Gasteiger partial charge < -0.3 is 18.9 Å². The summed E-state index contributed by atoms with van der Waals surface area (Å²) in [6.45, 7) is 0. The van der Waals surface area contributed by atoms with Gasteiger partial charge in [-0.3, -0.25) is 0 Å². The van der Waals surface area contributed by atoms with Crippen molar-refractivity contribution >= 4 is 16.9 Å². The van der Waals surface area contributed by atoms with Gasteiger partial charge in [-0.25, -0.2) is 4.79 Å². The molecule has 6 heteroatoms. The van der Waals surface area contributed by atoms with Gasteiger partial charge in [0.25, 0.3) is 0 Å². The number of rotatable bonds is 3. The first-order chi connectivity index (χ1) is 9.60. The number of carboxylic acid groups (broad SMARTS) is 1. The lowest BCUT2D eigenvalue weighted by atomic mass is 10.2. The van der Waals surface area contributed by atoms with Crippen LogP contribution in [0.2, 0.25) is 0 Å². The lowest BCUT2D eigenvalue weighted by Gasteiger charge is -2.01. The van der Waals surface area contributed by atoms with E-state index in [0.29, 0.717) is 5.69 Å². The van der Waals surface area contributed by atoms with Crippen LogP contribution in [0, 0.1) is 0 Å². The maximum Gasteiger partial charge on any atom is 0.374 e. The third-order valence-corrected chi connectivity index (χ3v) is 3.23. The average molecular weight is 272 g/mol. The molecule has 0 saturated heterocycles. The van der Waals surface area contributed by atoms with Crippen LogP contribution in [0.3, 0.4) is 0 Å². The monoisotopic (exact) mass is 272 g/mol. The van der Waals surface area contributed by atoms with E-state index in [0.717, 1.165) is 22.3 Å². The molecule has 3 rings (SSSR count). The van der Waals surface area contributed by atoms with Crippen molar-refractivity contribution in [1.82, 2.24) is 9.72 Å². The number of methoxy groups -OCH3 is 1. The first kappa shape index (κ1) is 12.3. The van der Waals surface area contributed by atoms with Crippen LogP contribution in [0.5, 0.6) is 5.75 Å². The van der Waals surface area contributed by atoms with Gasteiger partial charge in [0, 0.05) is 24.0 Å². The van der Waals surface area contributed by atoms with Gasteiger partial charge in [-0.05, 0) is 24.3 Å². The third-order valence-electron chi connectivity index (χ3n) is 3.23. The zero-order chi connectivity index (χ0) is 14.3. The molecular weight excluding hydrogens is 260 g/mol. The second kappa shape index (κ2) is 4.41. The highest BCUT2D eigenvalue weighted by molar-refractivity contribution is 5.89. The average Bonchev–Trinajstić information content (AvgIpc) is 3.03. The smallest absolute Gasteiger partial charge is 0.374 e. The van der Waals surface area contributed by atoms with Crippen LogP contribution < -0.4 is 4.74 Å². The summed E-state index contributed by atoms with van der Waals surface area (Å²) in [5, 5.41) is 13.7. The van der Waals surface area contributed by atoms with Gasteiger partial charge in [0.2, 0.25) is 5.76 Å². The number of aromatic nitrogens is 2. The molecule has 0 aliphatic carbocycles. The van der Waals surface area contributed by atoms with Gasteiger partial charge in [0.1, 0.15) is 11.4 Å². The Morgan fingerprint density at radius 3 is 2.80 bits per heavy atom. The van der Waals surface area contributed by atoms with Crippen molar-refractivity contribution in [2.75, 3.05) is 7.11 Å². The Kier molecular flexibility index (Phi) is 2.71. The topological polar surface area (TPSA) is 77.5 Å². The number of hydrogen-bond donors (Lipinski definition) is 1. The highest BCUT2D eigenvalue weighted by atomic mass is 16.5. The van der Waals surface area contributed by atoms with Crippen LogP contribution in [0.4, 0.5) is 0 Å². The molecule has 0 aliphatic heterocycles. The number of aromatic carboxylic acids is 1. The second-order valence-corrected chi connectivity index (χ2v) is 4.39. The Morgan fingerprint density at radius 1 is 1.35 bits per heavy atom. The van der Waals surface area contributed by atoms with E-state index in [1.54, 1.807) is 7.11 Å². The third kappa shape index (κ3) is 1.82. The molecule has 0 radical (unpaired) electrons. The number of hydrogen-bond acceptors (Lipinski definition) is 4. The largest absolute Gasteiger partial charge is 0.497 e. The first-order valence-corrected chi connectivity index (χ1v) is 5.94. The van der Waals surface area contributed by atoms with E-state index < -0.39 is 5.97 Å². The van der Waals surface area contributed by atoms with E-state index in [9.17, 15) is 4.79 Å². The second-order valence-electron chi connectivity index (χ2n) is 4.39. The first-order valence-electron chi connectivity index (χ1n) is 5.94. The minimum Gasteiger partial charge on any atom is -0.497 e. The van der Waals surface area contributed by atoms with Gasteiger partial charge in [-0.15, -0.1) is 0 Å². The number of ether oxygens (including phenoxy) is 1. The number of benzene rings is 1. The summed E-state index contributed by atoms with van der Waals surface area (Å²) in [6.07, 6.45) is 0. The van der Waals surface area contributed by atoms with E-state index in [1.165, 1.54) is 6.07 Å². The normalized spacial score (nSPS) is 10.9. The van der Waals surface area contributed by atoms with Crippen molar-refractivity contribution < 1.29 is 19.2 Å². The molecule has 2 heterocycles. The molecule has 0 aliphatic rings. The zero-order valence-electron chi connectivity index (χ0n) is 11.0. The van der Waals surface area contributed by atoms with Crippen LogP contribution in [-0.4, -0.2) is 27.9 Å². The molecule has 0 saturated carbocycles. The molecule has 0 bridgehead atoms. The fourth-order valence-corrected chi connectivity index (χ4v) is 2.20. The fourth-order valence-electron chi connectivity index (χ4n) is 2.20. The molecule has 1 aromatic carbocycles. The number of carbonyl (C=O) groups is 1. The van der Waals surface area contributed by atoms with Gasteiger partial charge in [-0.1, -0.05) is 5.16 Å². The van der Waals surface area contributed by atoms with Crippen LogP contribution >= 0.6 is 0 Å². The summed E-state index contributed by atoms with van der Waals surface area (Å²) in [6, 6.07) is 9.06. The summed E-state index contributed by atoms with van der Waals surface area (Å²) in [7, 11) is 3.50. The molecule has 0 unspecified atom stereocenters. The predicted octanol–water partition coefficient (Wildman–Crippen LogP) is 2.54.